The molecule has 1 nitrogen and oxygen atoms in total. The molecule has 0 N–H and O–H groups in total. The van der Waals surface area contributed by atoms with Crippen molar-refractivity contribution in [2.45, 2.75) is 19.8 Å². The van der Waals surface area contributed by atoms with Gasteiger partial charge in [0.2, 0.25) is 0 Å². The first-order chi connectivity index (χ1) is 13.8. The number of hydrogen-bond donors (Lipinski definition) is 0. The summed E-state index contributed by atoms with van der Waals surface area (Å²) in [7, 11) is 0. The van der Waals surface area contributed by atoms with Crippen molar-refractivity contribution >= 4 is 21.8 Å². The second-order valence-corrected chi connectivity index (χ2v) is 7.69. The zero-order valence-corrected chi connectivity index (χ0v) is 15.9. The lowest BCUT2D eigenvalue weighted by molar-refractivity contribution is 1.07. The van der Waals surface area contributed by atoms with Crippen LogP contribution >= 0.6 is 0 Å². The quantitative estimate of drug-likeness (QED) is 0.316. The maximum Gasteiger partial charge on any atom is 0.0541 e. The molecule has 5 aromatic rings. The van der Waals surface area contributed by atoms with Gasteiger partial charge in [-0.05, 0) is 64.9 Å². The number of para-hydroxylation sites is 2. The molecule has 1 aliphatic carbocycles. The summed E-state index contributed by atoms with van der Waals surface area (Å²) in [5.74, 6) is 0. The van der Waals surface area contributed by atoms with E-state index in [1.807, 2.05) is 0 Å². The van der Waals surface area contributed by atoms with Gasteiger partial charge < -0.3 is 4.57 Å². The molecular weight excluding hydrogens is 338 g/mol. The van der Waals surface area contributed by atoms with Crippen LogP contribution in [0.3, 0.4) is 0 Å². The van der Waals surface area contributed by atoms with Crippen LogP contribution in [0.5, 0.6) is 0 Å². The van der Waals surface area contributed by atoms with Gasteiger partial charge in [-0.25, -0.2) is 0 Å². The van der Waals surface area contributed by atoms with Gasteiger partial charge in [-0.2, -0.15) is 0 Å². The van der Waals surface area contributed by atoms with E-state index in [0.29, 0.717) is 0 Å². The third-order valence-electron chi connectivity index (χ3n) is 6.22. The molecule has 0 atom stereocenters. The first-order valence-electron chi connectivity index (χ1n) is 10.1. The highest BCUT2D eigenvalue weighted by Gasteiger charge is 2.22. The Kier molecular flexibility index (Phi) is 3.28. The normalized spacial score (nSPS) is 12.5. The summed E-state index contributed by atoms with van der Waals surface area (Å²) in [6, 6.07) is 31.2. The molecule has 1 heteroatoms. The minimum atomic E-state index is 1.06. The molecule has 4 aromatic carbocycles. The van der Waals surface area contributed by atoms with Gasteiger partial charge in [-0.3, -0.25) is 0 Å². The van der Waals surface area contributed by atoms with E-state index in [9.17, 15) is 0 Å². The van der Waals surface area contributed by atoms with Crippen LogP contribution in [0.25, 0.3) is 38.6 Å². The van der Waals surface area contributed by atoms with Gasteiger partial charge in [0, 0.05) is 16.5 Å². The van der Waals surface area contributed by atoms with Crippen LogP contribution < -0.4 is 0 Å². The van der Waals surface area contributed by atoms with E-state index < -0.39 is 0 Å². The Morgan fingerprint density at radius 1 is 0.714 bits per heavy atom. The zero-order chi connectivity index (χ0) is 18.7. The molecular formula is C27H21N. The van der Waals surface area contributed by atoms with Crippen molar-refractivity contribution in [3.8, 4) is 16.8 Å². The SMILES string of the molecule is CCc1cc(-n2c3ccccc3c3ccccc32)cc2c1Cc1ccccc1-2. The fourth-order valence-corrected chi connectivity index (χ4v) is 4.94. The topological polar surface area (TPSA) is 4.93 Å². The molecule has 6 rings (SSSR count). The lowest BCUT2D eigenvalue weighted by Gasteiger charge is -2.14. The second-order valence-electron chi connectivity index (χ2n) is 7.69. The van der Waals surface area contributed by atoms with Gasteiger partial charge >= 0.3 is 0 Å². The first kappa shape index (κ1) is 15.7. The number of rotatable bonds is 2. The average molecular weight is 359 g/mol. The maximum atomic E-state index is 2.44. The van der Waals surface area contributed by atoms with Crippen molar-refractivity contribution in [1.82, 2.24) is 4.57 Å². The molecule has 0 amide bonds. The summed E-state index contributed by atoms with van der Waals surface area (Å²) in [4.78, 5) is 0. The number of benzene rings is 4. The van der Waals surface area contributed by atoms with Crippen LogP contribution in [-0.4, -0.2) is 4.57 Å². The van der Waals surface area contributed by atoms with Gasteiger partial charge in [0.15, 0.2) is 0 Å². The third kappa shape index (κ3) is 2.07. The highest BCUT2D eigenvalue weighted by Crippen LogP contribution is 2.41. The second kappa shape index (κ2) is 5.84. The minimum Gasteiger partial charge on any atom is -0.309 e. The Labute approximate surface area is 164 Å². The number of aromatic nitrogens is 1. The largest absolute Gasteiger partial charge is 0.309 e. The predicted molar refractivity (Wildman–Crippen MR) is 118 cm³/mol. The summed E-state index contributed by atoms with van der Waals surface area (Å²) in [5, 5.41) is 2.63. The van der Waals surface area contributed by atoms with Crippen molar-refractivity contribution < 1.29 is 0 Å². The van der Waals surface area contributed by atoms with Crippen molar-refractivity contribution in [3.05, 3.63) is 102 Å². The fraction of sp³-hybridized carbons (Fsp3) is 0.111. The molecule has 1 aliphatic rings. The molecule has 0 spiro atoms. The Morgan fingerprint density at radius 2 is 1.36 bits per heavy atom. The Bertz CT molecular complexity index is 1320. The summed E-state index contributed by atoms with van der Waals surface area (Å²) in [5.41, 5.74) is 11.0. The van der Waals surface area contributed by atoms with Crippen molar-refractivity contribution in [3.63, 3.8) is 0 Å². The molecule has 0 saturated carbocycles. The number of aryl methyl sites for hydroxylation is 1. The van der Waals surface area contributed by atoms with E-state index in [1.165, 1.54) is 55.3 Å². The van der Waals surface area contributed by atoms with Crippen molar-refractivity contribution in [2.75, 3.05) is 0 Å². The minimum absolute atomic E-state index is 1.06. The molecule has 0 saturated heterocycles. The highest BCUT2D eigenvalue weighted by molar-refractivity contribution is 6.09. The van der Waals surface area contributed by atoms with E-state index in [1.54, 1.807) is 0 Å². The lowest BCUT2D eigenvalue weighted by Crippen LogP contribution is -1.99. The smallest absolute Gasteiger partial charge is 0.0541 e. The van der Waals surface area contributed by atoms with E-state index >= 15 is 0 Å². The fourth-order valence-electron chi connectivity index (χ4n) is 4.94. The summed E-state index contributed by atoms with van der Waals surface area (Å²) in [6.07, 6.45) is 2.11. The zero-order valence-electron chi connectivity index (χ0n) is 15.9. The van der Waals surface area contributed by atoms with Crippen LogP contribution in [0.2, 0.25) is 0 Å². The summed E-state index contributed by atoms with van der Waals surface area (Å²) < 4.78 is 2.44. The Hall–Kier alpha value is -3.32. The van der Waals surface area contributed by atoms with Gasteiger partial charge in [-0.1, -0.05) is 67.6 Å². The van der Waals surface area contributed by atoms with Crippen molar-refractivity contribution in [1.29, 1.82) is 0 Å². The van der Waals surface area contributed by atoms with E-state index in [4.69, 9.17) is 0 Å². The van der Waals surface area contributed by atoms with Crippen molar-refractivity contribution in [2.24, 2.45) is 0 Å². The van der Waals surface area contributed by atoms with Gasteiger partial charge in [-0.15, -0.1) is 0 Å². The number of nitrogens with zero attached hydrogens (tertiary/aromatic N) is 1. The number of hydrogen-bond acceptors (Lipinski definition) is 0. The highest BCUT2D eigenvalue weighted by atomic mass is 15.0. The van der Waals surface area contributed by atoms with Crippen LogP contribution in [0, 0.1) is 0 Å². The standard InChI is InChI=1S/C27H21N/c1-2-18-15-20(17-25-21-10-4-3-9-19(21)16-24(18)25)28-26-13-7-5-11-22(26)23-12-6-8-14-27(23)28/h3-15,17H,2,16H2,1H3. The van der Waals surface area contributed by atoms with Gasteiger partial charge in [0.1, 0.15) is 0 Å². The molecule has 1 aromatic heterocycles. The Balaban J connectivity index is 1.72. The maximum absolute atomic E-state index is 2.44. The summed E-state index contributed by atoms with van der Waals surface area (Å²) >= 11 is 0. The van der Waals surface area contributed by atoms with E-state index in [2.05, 4.69) is 96.4 Å². The average Bonchev–Trinajstić information content (AvgIpc) is 3.29. The Morgan fingerprint density at radius 3 is 2.07 bits per heavy atom. The molecule has 0 bridgehead atoms. The first-order valence-corrected chi connectivity index (χ1v) is 10.1. The predicted octanol–water partition coefficient (Wildman–Crippen LogP) is 6.92. The molecule has 1 heterocycles. The molecule has 0 aliphatic heterocycles. The van der Waals surface area contributed by atoms with E-state index in [0.717, 1.165) is 12.8 Å². The molecule has 0 unspecified atom stereocenters. The molecule has 0 radical (unpaired) electrons. The monoisotopic (exact) mass is 359 g/mol. The van der Waals surface area contributed by atoms with Gasteiger partial charge in [0.05, 0.1) is 11.0 Å². The molecule has 134 valence electrons. The van der Waals surface area contributed by atoms with Crippen LogP contribution in [-0.2, 0) is 12.8 Å². The third-order valence-corrected chi connectivity index (χ3v) is 6.22. The van der Waals surface area contributed by atoms with Crippen LogP contribution in [0.1, 0.15) is 23.6 Å². The molecule has 28 heavy (non-hydrogen) atoms. The van der Waals surface area contributed by atoms with Gasteiger partial charge in [0.25, 0.3) is 0 Å². The van der Waals surface area contributed by atoms with E-state index in [-0.39, 0.29) is 0 Å². The van der Waals surface area contributed by atoms with Crippen LogP contribution in [0.15, 0.2) is 84.9 Å². The number of fused-ring (bicyclic) bond motifs is 6. The molecule has 0 fully saturated rings. The van der Waals surface area contributed by atoms with Crippen LogP contribution in [0.4, 0.5) is 0 Å². The lowest BCUT2D eigenvalue weighted by atomic mass is 9.98. The summed E-state index contributed by atoms with van der Waals surface area (Å²) in [6.45, 7) is 2.27.